The van der Waals surface area contributed by atoms with Crippen LogP contribution >= 0.6 is 0 Å². The normalized spacial score (nSPS) is 36.2. The van der Waals surface area contributed by atoms with E-state index in [2.05, 4.69) is 10.2 Å². The van der Waals surface area contributed by atoms with Gasteiger partial charge in [0.05, 0.1) is 60.3 Å². The number of nitrogens with zero attached hydrogens (tertiary/aromatic N) is 2. The van der Waals surface area contributed by atoms with Crippen molar-refractivity contribution in [1.29, 1.82) is 0 Å². The number of esters is 4. The van der Waals surface area contributed by atoms with Crippen molar-refractivity contribution in [3.8, 4) is 11.5 Å². The van der Waals surface area contributed by atoms with Crippen LogP contribution in [0.3, 0.4) is 0 Å². The minimum atomic E-state index is -1.60. The van der Waals surface area contributed by atoms with Crippen molar-refractivity contribution in [3.05, 3.63) is 48.1 Å². The van der Waals surface area contributed by atoms with Crippen LogP contribution in [0, 0.1) is 11.8 Å². The van der Waals surface area contributed by atoms with Crippen LogP contribution in [-0.4, -0.2) is 207 Å². The second kappa shape index (κ2) is 31.2. The number of hydrogen-bond donors (Lipinski definition) is 4. The van der Waals surface area contributed by atoms with E-state index in [0.29, 0.717) is 12.8 Å². The van der Waals surface area contributed by atoms with Gasteiger partial charge in [-0.15, -0.1) is 0 Å². The van der Waals surface area contributed by atoms with Crippen molar-refractivity contribution in [2.45, 2.75) is 217 Å². The van der Waals surface area contributed by atoms with Crippen molar-refractivity contribution in [1.82, 2.24) is 15.1 Å². The Morgan fingerprint density at radius 1 is 0.840 bits per heavy atom. The minimum absolute atomic E-state index is 0.0352. The lowest BCUT2D eigenvalue weighted by atomic mass is 9.82. The Labute approximate surface area is 476 Å². The molecule has 5 rings (SSSR count). The smallest absolute Gasteiger partial charge is 0.308 e. The van der Waals surface area contributed by atoms with E-state index in [1.165, 1.54) is 32.2 Å². The van der Waals surface area contributed by atoms with E-state index in [9.17, 15) is 44.1 Å². The maximum absolute atomic E-state index is 14.3. The van der Waals surface area contributed by atoms with Gasteiger partial charge in [-0.3, -0.25) is 24.0 Å². The topological polar surface area (TPSA) is 283 Å². The van der Waals surface area contributed by atoms with Crippen LogP contribution in [-0.2, 0) is 66.6 Å². The second-order valence-corrected chi connectivity index (χ2v) is 22.5. The predicted molar refractivity (Wildman–Crippen MR) is 291 cm³/mol. The van der Waals surface area contributed by atoms with E-state index in [4.69, 9.17) is 52.1 Å². The molecule has 4 aliphatic rings. The third-order valence-electron chi connectivity index (χ3n) is 15.2. The van der Waals surface area contributed by atoms with E-state index in [1.807, 2.05) is 52.2 Å². The number of rotatable bonds is 19. The average molecular weight is 1150 g/mol. The zero-order valence-electron chi connectivity index (χ0n) is 49.3. The van der Waals surface area contributed by atoms with Crippen LogP contribution in [0.25, 0.3) is 0 Å². The van der Waals surface area contributed by atoms with Crippen molar-refractivity contribution >= 4 is 36.1 Å². The number of methoxy groups -OCH3 is 1. The van der Waals surface area contributed by atoms with E-state index in [1.54, 1.807) is 39.8 Å². The van der Waals surface area contributed by atoms with Crippen LogP contribution in [0.15, 0.2) is 42.5 Å². The van der Waals surface area contributed by atoms with Crippen LogP contribution in [0.1, 0.15) is 124 Å². The Hall–Kier alpha value is -4.76. The van der Waals surface area contributed by atoms with Gasteiger partial charge in [-0.05, 0) is 112 Å². The first-order valence-corrected chi connectivity index (χ1v) is 28.1. The summed E-state index contributed by atoms with van der Waals surface area (Å²) in [6.07, 6.45) is -4.38. The van der Waals surface area contributed by atoms with Crippen molar-refractivity contribution in [3.63, 3.8) is 0 Å². The number of aliphatic hydroxyl groups is 3. The number of benzene rings is 1. The predicted octanol–water partition coefficient (Wildman–Crippen LogP) is 3.94. The zero-order chi connectivity index (χ0) is 59.9. The van der Waals surface area contributed by atoms with E-state index >= 15 is 0 Å². The number of carbonyl (C=O) groups excluding carboxylic acids is 6. The quantitative estimate of drug-likeness (QED) is 0.0661. The number of ether oxygens (including phenoxy) is 11. The molecule has 4 N–H and O–H groups in total. The van der Waals surface area contributed by atoms with Crippen LogP contribution in [0.5, 0.6) is 11.5 Å². The number of aliphatic hydroxyl groups excluding tert-OH is 2. The Kier molecular flexibility index (Phi) is 25.8. The Morgan fingerprint density at radius 3 is 2.17 bits per heavy atom. The zero-order valence-corrected chi connectivity index (χ0v) is 49.3. The monoisotopic (exact) mass is 1150 g/mol. The molecule has 3 saturated heterocycles. The third-order valence-corrected chi connectivity index (χ3v) is 15.2. The molecule has 81 heavy (non-hydrogen) atoms. The number of likely N-dealkylation sites (N-methyl/N-ethyl adjacent to an activating group) is 2. The fourth-order valence-corrected chi connectivity index (χ4v) is 11.1. The van der Waals surface area contributed by atoms with Gasteiger partial charge in [0.2, 0.25) is 0 Å². The number of nitrogens with one attached hydrogen (secondary N) is 1. The van der Waals surface area contributed by atoms with Crippen molar-refractivity contribution < 1.29 is 96.2 Å². The number of para-hydroxylation sites is 1. The average Bonchev–Trinajstić information content (AvgIpc) is 3.51. The molecule has 0 spiro atoms. The highest BCUT2D eigenvalue weighted by Gasteiger charge is 2.54. The summed E-state index contributed by atoms with van der Waals surface area (Å²) in [4.78, 5) is 81.8. The molecular weight excluding hydrogens is 1060 g/mol. The van der Waals surface area contributed by atoms with Crippen molar-refractivity contribution in [2.24, 2.45) is 11.8 Å². The molecule has 1 aromatic rings. The summed E-state index contributed by atoms with van der Waals surface area (Å²) in [5, 5.41) is 36.7. The maximum Gasteiger partial charge on any atom is 0.308 e. The molecule has 0 unspecified atom stereocenters. The van der Waals surface area contributed by atoms with Crippen LogP contribution in [0.2, 0.25) is 0 Å². The van der Waals surface area contributed by atoms with Gasteiger partial charge in [0.25, 0.3) is 5.91 Å². The van der Waals surface area contributed by atoms with Gasteiger partial charge in [-0.25, -0.2) is 0 Å². The van der Waals surface area contributed by atoms with E-state index in [0.717, 1.165) is 26.6 Å². The Bertz CT molecular complexity index is 2300. The lowest BCUT2D eigenvalue weighted by Crippen LogP contribution is -2.66. The number of hydrogen-bond acceptors (Lipinski definition) is 22. The number of amides is 1. The van der Waals surface area contributed by atoms with Crippen molar-refractivity contribution in [2.75, 3.05) is 41.8 Å². The van der Waals surface area contributed by atoms with Gasteiger partial charge in [-0.2, -0.15) is 0 Å². The highest BCUT2D eigenvalue weighted by Crippen LogP contribution is 2.39. The number of carbonyl (C=O) groups is 6. The molecule has 3 fully saturated rings. The molecule has 0 bridgehead atoms. The first-order chi connectivity index (χ1) is 38.2. The second-order valence-electron chi connectivity index (χ2n) is 22.5. The first kappa shape index (κ1) is 67.0. The van der Waals surface area contributed by atoms with E-state index in [-0.39, 0.29) is 73.8 Å². The van der Waals surface area contributed by atoms with Crippen LogP contribution in [0.4, 0.5) is 0 Å². The third kappa shape index (κ3) is 19.1. The summed E-state index contributed by atoms with van der Waals surface area (Å²) in [5.74, 6) is -5.14. The lowest BCUT2D eigenvalue weighted by Gasteiger charge is -2.50. The molecule has 1 aromatic carbocycles. The highest BCUT2D eigenvalue weighted by atomic mass is 16.7. The minimum Gasteiger partial charge on any atom is -0.462 e. The largest absolute Gasteiger partial charge is 0.462 e. The van der Waals surface area contributed by atoms with Gasteiger partial charge in [-0.1, -0.05) is 37.3 Å². The fourth-order valence-electron chi connectivity index (χ4n) is 11.1. The summed E-state index contributed by atoms with van der Waals surface area (Å²) in [6.45, 7) is 12.7. The highest BCUT2D eigenvalue weighted by molar-refractivity contribution is 5.98. The molecule has 23 heteroatoms. The van der Waals surface area contributed by atoms with E-state index < -0.39 is 134 Å². The standard InChI is InChI=1S/C58H89N3O20/c1-32-29-39(26-28-62)51(53(71-13)42(65)30-46(67)72-33(2)19-15-14-16-21-43(32)78-47-25-24-41(60(9)10)34(3)73-47)81-57-54(49(61(11)12)50(35(4)75-57)80-48-31-58(8,70)55(68)36(5)74-48)79-45(66)23-18-27-59-56(69)40-20-17-22-44(76-37(6)63)52(40)77-38(7)64/h14-17,20-22,28,32-36,39,41-43,47-51,53-55,57,65,68,70H,18-19,23-27,29-31H2,1-13H3,(H,59,69)/b15-14+,21-16+/t32-,33-,34-,35-,36+,39+,41+,42-,43+,47+,48+,49+,50-,51+,53+,54-,55+,57+,58-/m1/s1. The molecule has 0 aromatic heterocycles. The van der Waals surface area contributed by atoms with Gasteiger partial charge in [0, 0.05) is 59.2 Å². The molecule has 0 aliphatic carbocycles. The molecular formula is C58H89N3O20. The lowest BCUT2D eigenvalue weighted by molar-refractivity contribution is -0.344. The number of allylic oxidation sites excluding steroid dienone is 2. The molecule has 0 saturated carbocycles. The van der Waals surface area contributed by atoms with Gasteiger partial charge >= 0.3 is 23.9 Å². The number of aldehydes is 1. The molecule has 4 heterocycles. The van der Waals surface area contributed by atoms with Crippen LogP contribution < -0.4 is 14.8 Å². The molecule has 0 radical (unpaired) electrons. The summed E-state index contributed by atoms with van der Waals surface area (Å²) in [7, 11) is 8.84. The number of cyclic esters (lactones) is 1. The summed E-state index contributed by atoms with van der Waals surface area (Å²) >= 11 is 0. The molecule has 4 aliphatic heterocycles. The molecule has 456 valence electrons. The molecule has 19 atom stereocenters. The van der Waals surface area contributed by atoms with Gasteiger partial charge in [0.15, 0.2) is 36.5 Å². The van der Waals surface area contributed by atoms with Gasteiger partial charge < -0.3 is 87.3 Å². The SMILES string of the molecule is CO[C@@H]1[C@@H](O[C@@H]2O[C@H](C)[C@@H](O[C@H]3C[C@@](C)(O)[C@@H](O)[C@H](C)O3)[C@H](N(C)C)[C@H]2OC(=O)CCCNC(=O)c2cccc(OC(C)=O)c2OC(C)=O)[C@@H](CC=O)C[C@@H](C)[C@@H](O[C@H]2CC[C@H](N(C)C)[C@@H](C)O2)/C=C/C=C/C[C@@H](C)OC(=O)C[C@H]1O. The molecule has 23 nitrogen and oxygen atoms in total. The maximum atomic E-state index is 14.3. The summed E-state index contributed by atoms with van der Waals surface area (Å²) in [5.41, 5.74) is -1.70. The Balaban J connectivity index is 1.51. The summed E-state index contributed by atoms with van der Waals surface area (Å²) < 4.78 is 68.2. The van der Waals surface area contributed by atoms with Gasteiger partial charge in [0.1, 0.15) is 30.7 Å². The Morgan fingerprint density at radius 2 is 1.54 bits per heavy atom. The summed E-state index contributed by atoms with van der Waals surface area (Å²) in [6, 6.07) is 3.48. The fraction of sp³-hybridized carbons (Fsp3) is 0.724. The first-order valence-electron chi connectivity index (χ1n) is 28.1. The molecule has 1 amide bonds.